The molecule has 0 aromatic carbocycles. The fourth-order valence-electron chi connectivity index (χ4n) is 0.920. The lowest BCUT2D eigenvalue weighted by molar-refractivity contribution is 0.222. The normalized spacial score (nSPS) is 22.2. The van der Waals surface area contributed by atoms with E-state index >= 15 is 0 Å². The first-order valence-corrected chi connectivity index (χ1v) is 3.37. The van der Waals surface area contributed by atoms with Crippen LogP contribution in [-0.4, -0.2) is 12.6 Å². The van der Waals surface area contributed by atoms with Gasteiger partial charge >= 0.3 is 0 Å². The van der Waals surface area contributed by atoms with Crippen molar-refractivity contribution in [2.45, 2.75) is 25.8 Å². The van der Waals surface area contributed by atoms with Crippen molar-refractivity contribution in [1.29, 1.82) is 0 Å². The van der Waals surface area contributed by atoms with Crippen LogP contribution in [0.4, 0.5) is 0 Å². The Bertz CT molecular complexity index is 118. The van der Waals surface area contributed by atoms with E-state index in [-0.39, 0.29) is 6.04 Å². The van der Waals surface area contributed by atoms with Gasteiger partial charge < -0.3 is 10.5 Å². The Morgan fingerprint density at radius 3 is 2.89 bits per heavy atom. The largest absolute Gasteiger partial charge is 0.501 e. The van der Waals surface area contributed by atoms with E-state index in [1.54, 1.807) is 6.26 Å². The van der Waals surface area contributed by atoms with Gasteiger partial charge in [0.1, 0.15) is 0 Å². The summed E-state index contributed by atoms with van der Waals surface area (Å²) in [6.45, 7) is 2.84. The second-order valence-electron chi connectivity index (χ2n) is 2.46. The average molecular weight is 127 g/mol. The molecule has 1 aliphatic heterocycles. The molecule has 0 saturated heterocycles. The van der Waals surface area contributed by atoms with Gasteiger partial charge in [0.05, 0.1) is 12.9 Å². The Balaban J connectivity index is 2.46. The van der Waals surface area contributed by atoms with E-state index in [1.165, 1.54) is 5.57 Å². The van der Waals surface area contributed by atoms with Gasteiger partial charge in [0.2, 0.25) is 0 Å². The molecule has 0 aromatic rings. The summed E-state index contributed by atoms with van der Waals surface area (Å²) in [6, 6.07) is 0.172. The molecule has 0 radical (unpaired) electrons. The third-order valence-electron chi connectivity index (χ3n) is 1.55. The fourth-order valence-corrected chi connectivity index (χ4v) is 0.920. The van der Waals surface area contributed by atoms with E-state index in [0.717, 1.165) is 19.4 Å². The third kappa shape index (κ3) is 1.72. The van der Waals surface area contributed by atoms with Gasteiger partial charge in [-0.25, -0.2) is 0 Å². The molecule has 0 aromatic heterocycles. The highest BCUT2D eigenvalue weighted by Gasteiger charge is 2.07. The first-order chi connectivity index (χ1) is 4.30. The number of hydrogen-bond acceptors (Lipinski definition) is 2. The molecular formula is C7H13NO. The summed E-state index contributed by atoms with van der Waals surface area (Å²) in [4.78, 5) is 0. The zero-order valence-electron chi connectivity index (χ0n) is 5.76. The zero-order valence-corrected chi connectivity index (χ0v) is 5.76. The van der Waals surface area contributed by atoms with Crippen LogP contribution in [0.3, 0.4) is 0 Å². The third-order valence-corrected chi connectivity index (χ3v) is 1.55. The molecule has 2 N–H and O–H groups in total. The minimum Gasteiger partial charge on any atom is -0.501 e. The van der Waals surface area contributed by atoms with Crippen LogP contribution in [0.5, 0.6) is 0 Å². The zero-order chi connectivity index (χ0) is 6.69. The molecule has 1 atom stereocenters. The first kappa shape index (κ1) is 6.62. The summed E-state index contributed by atoms with van der Waals surface area (Å²) in [7, 11) is 0. The van der Waals surface area contributed by atoms with Crippen molar-refractivity contribution in [2.75, 3.05) is 6.61 Å². The van der Waals surface area contributed by atoms with Crippen molar-refractivity contribution < 1.29 is 4.74 Å². The van der Waals surface area contributed by atoms with Crippen LogP contribution in [0.1, 0.15) is 19.8 Å². The van der Waals surface area contributed by atoms with Gasteiger partial charge in [-0.15, -0.1) is 0 Å². The lowest BCUT2D eigenvalue weighted by Crippen LogP contribution is -2.20. The Morgan fingerprint density at radius 2 is 2.56 bits per heavy atom. The van der Waals surface area contributed by atoms with Gasteiger partial charge in [0.25, 0.3) is 0 Å². The van der Waals surface area contributed by atoms with Crippen LogP contribution < -0.4 is 5.73 Å². The summed E-state index contributed by atoms with van der Waals surface area (Å²) in [6.07, 6.45) is 4.03. The summed E-state index contributed by atoms with van der Waals surface area (Å²) < 4.78 is 5.10. The minimum atomic E-state index is 0.172. The Labute approximate surface area is 55.7 Å². The standard InChI is InChI=1S/C7H13NO/c1-6(8)7-3-2-4-9-5-7/h5-6H,2-4,8H2,1H3. The van der Waals surface area contributed by atoms with Gasteiger partial charge in [-0.05, 0) is 25.3 Å². The molecule has 0 saturated carbocycles. The van der Waals surface area contributed by atoms with Crippen molar-refractivity contribution >= 4 is 0 Å². The predicted molar refractivity (Wildman–Crippen MR) is 36.9 cm³/mol. The Hall–Kier alpha value is -0.500. The number of rotatable bonds is 1. The van der Waals surface area contributed by atoms with E-state index in [4.69, 9.17) is 10.5 Å². The van der Waals surface area contributed by atoms with Crippen LogP contribution in [0, 0.1) is 0 Å². The topological polar surface area (TPSA) is 35.2 Å². The highest BCUT2D eigenvalue weighted by molar-refractivity contribution is 5.06. The van der Waals surface area contributed by atoms with E-state index in [2.05, 4.69) is 0 Å². The van der Waals surface area contributed by atoms with Crippen LogP contribution >= 0.6 is 0 Å². The molecule has 0 amide bonds. The van der Waals surface area contributed by atoms with Crippen molar-refractivity contribution in [2.24, 2.45) is 5.73 Å². The van der Waals surface area contributed by atoms with Crippen molar-refractivity contribution in [3.8, 4) is 0 Å². The highest BCUT2D eigenvalue weighted by Crippen LogP contribution is 2.13. The van der Waals surface area contributed by atoms with Gasteiger partial charge in [-0.1, -0.05) is 0 Å². The maximum atomic E-state index is 5.62. The fraction of sp³-hybridized carbons (Fsp3) is 0.714. The van der Waals surface area contributed by atoms with Gasteiger partial charge in [0, 0.05) is 6.04 Å². The maximum absolute atomic E-state index is 5.62. The molecular weight excluding hydrogens is 114 g/mol. The molecule has 1 aliphatic rings. The molecule has 1 heterocycles. The first-order valence-electron chi connectivity index (χ1n) is 3.37. The van der Waals surface area contributed by atoms with E-state index in [9.17, 15) is 0 Å². The molecule has 1 unspecified atom stereocenters. The molecule has 0 aliphatic carbocycles. The minimum absolute atomic E-state index is 0.172. The van der Waals surface area contributed by atoms with Crippen LogP contribution in [-0.2, 0) is 4.74 Å². The molecule has 0 bridgehead atoms. The van der Waals surface area contributed by atoms with E-state index < -0.39 is 0 Å². The predicted octanol–water partition coefficient (Wildman–Crippen LogP) is 1.03. The van der Waals surface area contributed by atoms with Crippen molar-refractivity contribution in [3.05, 3.63) is 11.8 Å². The van der Waals surface area contributed by atoms with Crippen LogP contribution in [0.25, 0.3) is 0 Å². The second kappa shape index (κ2) is 2.87. The molecule has 52 valence electrons. The monoisotopic (exact) mass is 127 g/mol. The summed E-state index contributed by atoms with van der Waals surface area (Å²) in [5.74, 6) is 0. The number of nitrogens with two attached hydrogens (primary N) is 1. The number of hydrogen-bond donors (Lipinski definition) is 1. The maximum Gasteiger partial charge on any atom is 0.0876 e. The summed E-state index contributed by atoms with van der Waals surface area (Å²) in [5, 5.41) is 0. The molecule has 0 fully saturated rings. The SMILES string of the molecule is CC(N)C1=COCCC1. The summed E-state index contributed by atoms with van der Waals surface area (Å²) >= 11 is 0. The van der Waals surface area contributed by atoms with Gasteiger partial charge in [-0.2, -0.15) is 0 Å². The van der Waals surface area contributed by atoms with Gasteiger partial charge in [-0.3, -0.25) is 0 Å². The molecule has 2 nitrogen and oxygen atoms in total. The van der Waals surface area contributed by atoms with E-state index in [1.807, 2.05) is 6.92 Å². The molecule has 0 spiro atoms. The van der Waals surface area contributed by atoms with E-state index in [0.29, 0.717) is 0 Å². The lowest BCUT2D eigenvalue weighted by Gasteiger charge is -2.15. The number of ether oxygens (including phenoxy) is 1. The van der Waals surface area contributed by atoms with Crippen molar-refractivity contribution in [3.63, 3.8) is 0 Å². The smallest absolute Gasteiger partial charge is 0.0876 e. The Kier molecular flexibility index (Phi) is 2.11. The molecule has 2 heteroatoms. The van der Waals surface area contributed by atoms with Gasteiger partial charge in [0.15, 0.2) is 0 Å². The second-order valence-corrected chi connectivity index (χ2v) is 2.46. The average Bonchev–Trinajstić information content (AvgIpc) is 1.90. The molecule has 9 heavy (non-hydrogen) atoms. The van der Waals surface area contributed by atoms with Crippen LogP contribution in [0.15, 0.2) is 11.8 Å². The quantitative estimate of drug-likeness (QED) is 0.571. The lowest BCUT2D eigenvalue weighted by atomic mass is 10.1. The summed E-state index contributed by atoms with van der Waals surface area (Å²) in [5.41, 5.74) is 6.86. The Morgan fingerprint density at radius 1 is 1.78 bits per heavy atom. The highest BCUT2D eigenvalue weighted by atomic mass is 16.5. The van der Waals surface area contributed by atoms with Crippen LogP contribution in [0.2, 0.25) is 0 Å². The molecule has 1 rings (SSSR count). The van der Waals surface area contributed by atoms with Crippen molar-refractivity contribution in [1.82, 2.24) is 0 Å².